The Kier molecular flexibility index (Phi) is 8.59. The Morgan fingerprint density at radius 3 is 2.24 bits per heavy atom. The molecular formula is C24H29NO4. The molecule has 0 saturated heterocycles. The van der Waals surface area contributed by atoms with Crippen LogP contribution in [0.25, 0.3) is 0 Å². The van der Waals surface area contributed by atoms with Gasteiger partial charge in [-0.15, -0.1) is 0 Å². The number of ketones is 1. The summed E-state index contributed by atoms with van der Waals surface area (Å²) in [5, 5.41) is 2.85. The van der Waals surface area contributed by atoms with Crippen molar-refractivity contribution in [1.82, 2.24) is 5.32 Å². The second kappa shape index (κ2) is 11.1. The summed E-state index contributed by atoms with van der Waals surface area (Å²) in [7, 11) is 0. The highest BCUT2D eigenvalue weighted by molar-refractivity contribution is 5.97. The van der Waals surface area contributed by atoms with Gasteiger partial charge < -0.3 is 10.1 Å². The van der Waals surface area contributed by atoms with Crippen LogP contribution in [0.2, 0.25) is 0 Å². The highest BCUT2D eigenvalue weighted by Crippen LogP contribution is 2.18. The van der Waals surface area contributed by atoms with Crippen molar-refractivity contribution in [2.75, 3.05) is 6.54 Å². The molecule has 154 valence electrons. The number of benzene rings is 2. The fourth-order valence-corrected chi connectivity index (χ4v) is 3.00. The molecule has 0 aliphatic rings. The molecule has 0 radical (unpaired) electrons. The van der Waals surface area contributed by atoms with E-state index in [1.807, 2.05) is 49.4 Å². The van der Waals surface area contributed by atoms with Gasteiger partial charge in [0, 0.05) is 24.4 Å². The fraction of sp³-hybridized carbons (Fsp3) is 0.375. The summed E-state index contributed by atoms with van der Waals surface area (Å²) in [6, 6.07) is 17.2. The Bertz CT molecular complexity index is 815. The lowest BCUT2D eigenvalue weighted by Gasteiger charge is -2.18. The summed E-state index contributed by atoms with van der Waals surface area (Å²) < 4.78 is 5.19. The predicted octanol–water partition coefficient (Wildman–Crippen LogP) is 4.20. The largest absolute Gasteiger partial charge is 0.453 e. The van der Waals surface area contributed by atoms with E-state index in [2.05, 4.69) is 12.2 Å². The molecule has 0 fully saturated rings. The van der Waals surface area contributed by atoms with Gasteiger partial charge >= 0.3 is 5.97 Å². The number of rotatable bonds is 10. The van der Waals surface area contributed by atoms with Crippen molar-refractivity contribution in [1.29, 1.82) is 0 Å². The predicted molar refractivity (Wildman–Crippen MR) is 113 cm³/mol. The summed E-state index contributed by atoms with van der Waals surface area (Å²) in [5.74, 6) is -0.802. The minimum atomic E-state index is -0.898. The maximum atomic E-state index is 12.3. The van der Waals surface area contributed by atoms with Crippen molar-refractivity contribution in [2.45, 2.75) is 52.1 Å². The molecule has 5 nitrogen and oxygen atoms in total. The molecule has 0 unspecified atom stereocenters. The summed E-state index contributed by atoms with van der Waals surface area (Å²) in [4.78, 5) is 36.4. The molecular weight excluding hydrogens is 366 g/mol. The summed E-state index contributed by atoms with van der Waals surface area (Å²) in [6.07, 6.45) is -0.00142. The van der Waals surface area contributed by atoms with Gasteiger partial charge in [-0.25, -0.2) is 0 Å². The van der Waals surface area contributed by atoms with E-state index in [0.29, 0.717) is 12.1 Å². The van der Waals surface area contributed by atoms with Crippen molar-refractivity contribution in [2.24, 2.45) is 0 Å². The third kappa shape index (κ3) is 7.18. The molecule has 0 heterocycles. The van der Waals surface area contributed by atoms with Gasteiger partial charge in [0.25, 0.3) is 5.91 Å². The second-order valence-corrected chi connectivity index (χ2v) is 7.18. The summed E-state index contributed by atoms with van der Waals surface area (Å²) in [5.41, 5.74) is 2.80. The van der Waals surface area contributed by atoms with Crippen LogP contribution in [0.1, 0.15) is 60.5 Å². The van der Waals surface area contributed by atoms with E-state index in [1.165, 1.54) is 0 Å². The van der Waals surface area contributed by atoms with Gasteiger partial charge in [-0.05, 0) is 25.8 Å². The van der Waals surface area contributed by atoms with Crippen molar-refractivity contribution < 1.29 is 19.1 Å². The van der Waals surface area contributed by atoms with Crippen LogP contribution in [-0.4, -0.2) is 30.3 Å². The van der Waals surface area contributed by atoms with Crippen LogP contribution in [0.4, 0.5) is 0 Å². The maximum absolute atomic E-state index is 12.3. The molecule has 1 amide bonds. The van der Waals surface area contributed by atoms with Crippen LogP contribution in [0.5, 0.6) is 0 Å². The first-order valence-corrected chi connectivity index (χ1v) is 10.0. The first-order chi connectivity index (χ1) is 13.9. The van der Waals surface area contributed by atoms with Crippen LogP contribution < -0.4 is 5.32 Å². The smallest absolute Gasteiger partial charge is 0.307 e. The Morgan fingerprint density at radius 2 is 1.62 bits per heavy atom. The van der Waals surface area contributed by atoms with E-state index in [1.54, 1.807) is 19.1 Å². The Balaban J connectivity index is 1.75. The lowest BCUT2D eigenvalue weighted by atomic mass is 9.96. The van der Waals surface area contributed by atoms with E-state index in [0.717, 1.165) is 17.5 Å². The normalized spacial score (nSPS) is 12.7. The third-order valence-electron chi connectivity index (χ3n) is 4.89. The molecule has 2 rings (SSSR count). The zero-order valence-electron chi connectivity index (χ0n) is 17.3. The molecule has 2 aromatic rings. The van der Waals surface area contributed by atoms with Crippen LogP contribution in [0, 0.1) is 6.92 Å². The number of carbonyl (C=O) groups is 3. The first-order valence-electron chi connectivity index (χ1n) is 10.0. The van der Waals surface area contributed by atoms with Gasteiger partial charge in [0.2, 0.25) is 0 Å². The molecule has 0 spiro atoms. The molecule has 5 heteroatoms. The van der Waals surface area contributed by atoms with E-state index >= 15 is 0 Å². The van der Waals surface area contributed by atoms with Gasteiger partial charge in [0.1, 0.15) is 0 Å². The molecule has 2 aromatic carbocycles. The number of hydrogen-bond donors (Lipinski definition) is 1. The molecule has 29 heavy (non-hydrogen) atoms. The number of esters is 1. The van der Waals surface area contributed by atoms with Crippen molar-refractivity contribution in [3.8, 4) is 0 Å². The molecule has 0 aliphatic heterocycles. The number of aryl methyl sites for hydroxylation is 1. The third-order valence-corrected chi connectivity index (χ3v) is 4.89. The molecule has 1 N–H and O–H groups in total. The van der Waals surface area contributed by atoms with Gasteiger partial charge in [0.15, 0.2) is 11.9 Å². The lowest BCUT2D eigenvalue weighted by molar-refractivity contribution is -0.154. The standard InChI is InChI=1S/C24H29NO4/c1-4-19(20-8-6-5-7-9-20)16-25-24(28)18(3)29-23(27)15-14-22(26)21-12-10-17(2)11-13-21/h5-13,18-19H,4,14-16H2,1-3H3,(H,25,28)/t18-,19-/m0/s1. The van der Waals surface area contributed by atoms with Crippen molar-refractivity contribution in [3.63, 3.8) is 0 Å². The summed E-state index contributed by atoms with van der Waals surface area (Å²) in [6.45, 7) is 6.03. The zero-order valence-corrected chi connectivity index (χ0v) is 17.3. The van der Waals surface area contributed by atoms with Crippen molar-refractivity contribution >= 4 is 17.7 Å². The Morgan fingerprint density at radius 1 is 0.966 bits per heavy atom. The van der Waals surface area contributed by atoms with Gasteiger partial charge in [-0.1, -0.05) is 67.1 Å². The van der Waals surface area contributed by atoms with E-state index in [4.69, 9.17) is 4.74 Å². The van der Waals surface area contributed by atoms with Crippen molar-refractivity contribution in [3.05, 3.63) is 71.3 Å². The molecule has 0 aromatic heterocycles. The van der Waals surface area contributed by atoms with Crippen LogP contribution in [0.3, 0.4) is 0 Å². The number of amides is 1. The van der Waals surface area contributed by atoms with E-state index in [-0.39, 0.29) is 30.4 Å². The summed E-state index contributed by atoms with van der Waals surface area (Å²) >= 11 is 0. The van der Waals surface area contributed by atoms with Crippen LogP contribution in [-0.2, 0) is 14.3 Å². The van der Waals surface area contributed by atoms with Gasteiger partial charge in [0.05, 0.1) is 6.42 Å². The molecule has 2 atom stereocenters. The number of hydrogen-bond acceptors (Lipinski definition) is 4. The number of ether oxygens (including phenoxy) is 1. The van der Waals surface area contributed by atoms with E-state index in [9.17, 15) is 14.4 Å². The second-order valence-electron chi connectivity index (χ2n) is 7.18. The number of carbonyl (C=O) groups excluding carboxylic acids is 3. The minimum Gasteiger partial charge on any atom is -0.453 e. The monoisotopic (exact) mass is 395 g/mol. The molecule has 0 saturated carbocycles. The highest BCUT2D eigenvalue weighted by atomic mass is 16.5. The number of Topliss-reactive ketones (excluding diaryl/α,β-unsaturated/α-hetero) is 1. The number of nitrogens with one attached hydrogen (secondary N) is 1. The fourth-order valence-electron chi connectivity index (χ4n) is 3.00. The quantitative estimate of drug-likeness (QED) is 0.483. The topological polar surface area (TPSA) is 72.5 Å². The van der Waals surface area contributed by atoms with Crippen LogP contribution in [0.15, 0.2) is 54.6 Å². The van der Waals surface area contributed by atoms with Gasteiger partial charge in [-0.2, -0.15) is 0 Å². The molecule has 0 aliphatic carbocycles. The van der Waals surface area contributed by atoms with Gasteiger partial charge in [-0.3, -0.25) is 14.4 Å². The Hall–Kier alpha value is -2.95. The average Bonchev–Trinajstić information content (AvgIpc) is 2.73. The highest BCUT2D eigenvalue weighted by Gasteiger charge is 2.20. The van der Waals surface area contributed by atoms with Crippen LogP contribution >= 0.6 is 0 Å². The Labute approximate surface area is 172 Å². The minimum absolute atomic E-state index is 0.0497. The first kappa shape index (κ1) is 22.3. The maximum Gasteiger partial charge on any atom is 0.307 e. The van der Waals surface area contributed by atoms with E-state index < -0.39 is 12.1 Å². The SMILES string of the molecule is CC[C@@H](CNC(=O)[C@H](C)OC(=O)CCC(=O)c1ccc(C)cc1)c1ccccc1. The lowest BCUT2D eigenvalue weighted by Crippen LogP contribution is -2.38. The molecule has 0 bridgehead atoms. The average molecular weight is 395 g/mol. The zero-order chi connectivity index (χ0) is 21.2.